The molecule has 1 saturated carbocycles. The van der Waals surface area contributed by atoms with E-state index in [1.54, 1.807) is 6.92 Å². The minimum atomic E-state index is -0.909. The number of ether oxygens (including phenoxy) is 1. The predicted octanol–water partition coefficient (Wildman–Crippen LogP) is 3.25. The van der Waals surface area contributed by atoms with Gasteiger partial charge in [-0.3, -0.25) is 4.79 Å². The third-order valence-corrected chi connectivity index (χ3v) is 3.79. The van der Waals surface area contributed by atoms with Crippen LogP contribution in [-0.2, 0) is 4.79 Å². The van der Waals surface area contributed by atoms with Crippen molar-refractivity contribution < 1.29 is 19.0 Å². The van der Waals surface area contributed by atoms with Crippen LogP contribution < -0.4 is 10.1 Å². The van der Waals surface area contributed by atoms with E-state index in [0.717, 1.165) is 19.3 Å². The van der Waals surface area contributed by atoms with Crippen molar-refractivity contribution in [2.45, 2.75) is 51.0 Å². The first-order chi connectivity index (χ1) is 10.0. The molecule has 0 bridgehead atoms. The molecule has 1 aliphatic carbocycles. The monoisotopic (exact) mass is 295 g/mol. The van der Waals surface area contributed by atoms with Crippen LogP contribution in [0.25, 0.3) is 0 Å². The molecule has 1 amide bonds. The number of carbonyl (C=O) groups excluding carboxylic acids is 1. The molecule has 1 aromatic carbocycles. The van der Waals surface area contributed by atoms with Crippen molar-refractivity contribution in [3.8, 4) is 5.75 Å². The summed E-state index contributed by atoms with van der Waals surface area (Å²) in [5, 5.41) is 13.1. The van der Waals surface area contributed by atoms with Gasteiger partial charge in [0.15, 0.2) is 0 Å². The second-order valence-electron chi connectivity index (χ2n) is 5.58. The number of hydrogen-bond donors (Lipinski definition) is 2. The van der Waals surface area contributed by atoms with Gasteiger partial charge >= 0.3 is 0 Å². The zero-order valence-electron chi connectivity index (χ0n) is 12.3. The summed E-state index contributed by atoms with van der Waals surface area (Å²) < 4.78 is 18.5. The van der Waals surface area contributed by atoms with E-state index in [1.165, 1.54) is 18.2 Å². The van der Waals surface area contributed by atoms with Gasteiger partial charge in [-0.15, -0.1) is 0 Å². The first-order valence-electron chi connectivity index (χ1n) is 7.47. The fraction of sp³-hybridized carbons (Fsp3) is 0.562. The smallest absolute Gasteiger partial charge is 0.227 e. The molecule has 2 N–H and O–H groups in total. The molecular formula is C16H22FNO3. The van der Waals surface area contributed by atoms with Crippen LogP contribution in [0.3, 0.4) is 0 Å². The van der Waals surface area contributed by atoms with E-state index < -0.39 is 11.4 Å². The lowest BCUT2D eigenvalue weighted by Gasteiger charge is -2.31. The SMILES string of the molecule is CCOc1cc(F)ccc1NC(=O)CC1(O)CCCCC1. The standard InChI is InChI=1S/C16H22FNO3/c1-2-21-14-10-12(17)6-7-13(14)18-15(19)11-16(20)8-4-3-5-9-16/h6-7,10,20H,2-5,8-9,11H2,1H3,(H,18,19). The van der Waals surface area contributed by atoms with Crippen molar-refractivity contribution in [3.05, 3.63) is 24.0 Å². The maximum absolute atomic E-state index is 13.2. The molecule has 0 heterocycles. The third kappa shape index (κ3) is 4.43. The molecule has 0 saturated heterocycles. The van der Waals surface area contributed by atoms with Crippen LogP contribution in [0.2, 0.25) is 0 Å². The van der Waals surface area contributed by atoms with Crippen LogP contribution in [0.5, 0.6) is 5.75 Å². The van der Waals surface area contributed by atoms with E-state index >= 15 is 0 Å². The minimum absolute atomic E-state index is 0.0654. The molecular weight excluding hydrogens is 273 g/mol. The minimum Gasteiger partial charge on any atom is -0.492 e. The maximum Gasteiger partial charge on any atom is 0.227 e. The normalized spacial score (nSPS) is 17.3. The zero-order chi connectivity index (χ0) is 15.3. The van der Waals surface area contributed by atoms with Crippen molar-refractivity contribution in [1.29, 1.82) is 0 Å². The molecule has 0 radical (unpaired) electrons. The van der Waals surface area contributed by atoms with Crippen molar-refractivity contribution in [1.82, 2.24) is 0 Å². The van der Waals surface area contributed by atoms with Crippen molar-refractivity contribution in [2.24, 2.45) is 0 Å². The average Bonchev–Trinajstić information content (AvgIpc) is 2.42. The Morgan fingerprint density at radius 1 is 1.38 bits per heavy atom. The van der Waals surface area contributed by atoms with Gasteiger partial charge in [-0.05, 0) is 31.9 Å². The van der Waals surface area contributed by atoms with Crippen LogP contribution >= 0.6 is 0 Å². The zero-order valence-corrected chi connectivity index (χ0v) is 12.3. The summed E-state index contributed by atoms with van der Waals surface area (Å²) in [5.74, 6) is -0.379. The number of benzene rings is 1. The maximum atomic E-state index is 13.2. The van der Waals surface area contributed by atoms with Gasteiger partial charge in [-0.1, -0.05) is 19.3 Å². The van der Waals surface area contributed by atoms with E-state index in [1.807, 2.05) is 0 Å². The van der Waals surface area contributed by atoms with E-state index in [4.69, 9.17) is 4.74 Å². The van der Waals surface area contributed by atoms with Gasteiger partial charge in [0, 0.05) is 6.07 Å². The Kier molecular flexibility index (Phi) is 5.17. The highest BCUT2D eigenvalue weighted by Gasteiger charge is 2.31. The lowest BCUT2D eigenvalue weighted by atomic mass is 9.82. The molecule has 5 heteroatoms. The lowest BCUT2D eigenvalue weighted by Crippen LogP contribution is -2.35. The Hall–Kier alpha value is -1.62. The highest BCUT2D eigenvalue weighted by atomic mass is 19.1. The molecule has 0 aliphatic heterocycles. The number of carbonyl (C=O) groups is 1. The first-order valence-corrected chi connectivity index (χ1v) is 7.47. The Morgan fingerprint density at radius 3 is 2.76 bits per heavy atom. The summed E-state index contributed by atoms with van der Waals surface area (Å²) >= 11 is 0. The Bertz CT molecular complexity index is 498. The Balaban J connectivity index is 2.02. The number of anilines is 1. The van der Waals surface area contributed by atoms with Gasteiger partial charge < -0.3 is 15.2 Å². The second kappa shape index (κ2) is 6.89. The molecule has 1 aliphatic rings. The first kappa shape index (κ1) is 15.8. The van der Waals surface area contributed by atoms with Crippen molar-refractivity contribution in [3.63, 3.8) is 0 Å². The van der Waals surface area contributed by atoms with Gasteiger partial charge in [0.1, 0.15) is 11.6 Å². The van der Waals surface area contributed by atoms with Crippen molar-refractivity contribution >= 4 is 11.6 Å². The summed E-state index contributed by atoms with van der Waals surface area (Å²) in [6.45, 7) is 2.18. The fourth-order valence-electron chi connectivity index (χ4n) is 2.75. The number of amides is 1. The Morgan fingerprint density at radius 2 is 2.10 bits per heavy atom. The van der Waals surface area contributed by atoms with Crippen LogP contribution in [0.1, 0.15) is 45.4 Å². The molecule has 116 valence electrons. The molecule has 1 fully saturated rings. The van der Waals surface area contributed by atoms with Crippen LogP contribution in [0.15, 0.2) is 18.2 Å². The molecule has 0 spiro atoms. The largest absolute Gasteiger partial charge is 0.492 e. The third-order valence-electron chi connectivity index (χ3n) is 3.79. The molecule has 2 rings (SSSR count). The second-order valence-corrected chi connectivity index (χ2v) is 5.58. The highest BCUT2D eigenvalue weighted by Crippen LogP contribution is 2.32. The number of hydrogen-bond acceptors (Lipinski definition) is 3. The van der Waals surface area contributed by atoms with Crippen molar-refractivity contribution in [2.75, 3.05) is 11.9 Å². The molecule has 0 unspecified atom stereocenters. The molecule has 0 aromatic heterocycles. The number of aliphatic hydroxyl groups is 1. The van der Waals surface area contributed by atoms with Gasteiger partial charge in [0.25, 0.3) is 0 Å². The van der Waals surface area contributed by atoms with E-state index in [-0.39, 0.29) is 12.3 Å². The summed E-state index contributed by atoms with van der Waals surface area (Å²) in [7, 11) is 0. The van der Waals surface area contributed by atoms with Gasteiger partial charge in [-0.25, -0.2) is 4.39 Å². The summed E-state index contributed by atoms with van der Waals surface area (Å²) in [5.41, 5.74) is -0.476. The number of halogens is 1. The summed E-state index contributed by atoms with van der Waals surface area (Å²) in [4.78, 5) is 12.1. The number of nitrogens with one attached hydrogen (secondary N) is 1. The molecule has 0 atom stereocenters. The summed E-state index contributed by atoms with van der Waals surface area (Å²) in [6.07, 6.45) is 4.38. The van der Waals surface area contributed by atoms with E-state index in [0.29, 0.717) is 30.9 Å². The van der Waals surface area contributed by atoms with Gasteiger partial charge in [0.05, 0.1) is 24.3 Å². The average molecular weight is 295 g/mol. The Labute approximate surface area is 124 Å². The van der Waals surface area contributed by atoms with Gasteiger partial charge in [0.2, 0.25) is 5.91 Å². The predicted molar refractivity (Wildman–Crippen MR) is 78.9 cm³/mol. The topological polar surface area (TPSA) is 58.6 Å². The quantitative estimate of drug-likeness (QED) is 0.876. The fourth-order valence-corrected chi connectivity index (χ4v) is 2.75. The molecule has 21 heavy (non-hydrogen) atoms. The van der Waals surface area contributed by atoms with Crippen LogP contribution in [0.4, 0.5) is 10.1 Å². The summed E-state index contributed by atoms with van der Waals surface area (Å²) in [6, 6.07) is 3.99. The van der Waals surface area contributed by atoms with E-state index in [9.17, 15) is 14.3 Å². The highest BCUT2D eigenvalue weighted by molar-refractivity contribution is 5.92. The van der Waals surface area contributed by atoms with Crippen LogP contribution in [0, 0.1) is 5.82 Å². The number of rotatable bonds is 5. The van der Waals surface area contributed by atoms with E-state index in [2.05, 4.69) is 5.32 Å². The molecule has 1 aromatic rings. The lowest BCUT2D eigenvalue weighted by molar-refractivity contribution is -0.122. The van der Waals surface area contributed by atoms with Gasteiger partial charge in [-0.2, -0.15) is 0 Å². The molecule has 4 nitrogen and oxygen atoms in total. The van der Waals surface area contributed by atoms with Crippen LogP contribution in [-0.4, -0.2) is 23.2 Å².